The first-order valence-corrected chi connectivity index (χ1v) is 8.53. The molecule has 0 saturated heterocycles. The van der Waals surface area contributed by atoms with Crippen molar-refractivity contribution < 1.29 is 19.6 Å². The molecule has 28 heavy (non-hydrogen) atoms. The third-order valence-electron chi connectivity index (χ3n) is 5.35. The fourth-order valence-corrected chi connectivity index (χ4v) is 3.90. The van der Waals surface area contributed by atoms with Crippen molar-refractivity contribution in [1.29, 1.82) is 0 Å². The van der Waals surface area contributed by atoms with Gasteiger partial charge in [-0.1, -0.05) is 6.07 Å². The minimum absolute atomic E-state index is 0.0580. The lowest BCUT2D eigenvalue weighted by atomic mass is 9.90. The number of nitro groups is 1. The van der Waals surface area contributed by atoms with Crippen molar-refractivity contribution in [3.8, 4) is 11.4 Å². The third-order valence-corrected chi connectivity index (χ3v) is 5.35. The average molecular weight is 379 g/mol. The number of nitrogens with zero attached hydrogens (tertiary/aromatic N) is 3. The zero-order valence-electron chi connectivity index (χ0n) is 14.6. The number of aromatic nitrogens is 2. The molecule has 4 heterocycles. The lowest BCUT2D eigenvalue weighted by molar-refractivity contribution is -0.383. The molecule has 0 amide bonds. The van der Waals surface area contributed by atoms with Crippen LogP contribution in [-0.4, -0.2) is 25.6 Å². The Hall–Kier alpha value is -3.59. The molecule has 0 radical (unpaired) electrons. The van der Waals surface area contributed by atoms with Gasteiger partial charge in [0.25, 0.3) is 11.2 Å². The van der Waals surface area contributed by atoms with Crippen molar-refractivity contribution in [1.82, 2.24) is 9.55 Å². The van der Waals surface area contributed by atoms with Crippen LogP contribution in [-0.2, 0) is 28.3 Å². The second-order valence-corrected chi connectivity index (χ2v) is 7.06. The number of carbonyl (C=O) groups excluding carboxylic acids is 1. The van der Waals surface area contributed by atoms with Crippen molar-refractivity contribution in [3.63, 3.8) is 0 Å². The van der Waals surface area contributed by atoms with Gasteiger partial charge in [-0.25, -0.2) is 9.78 Å². The van der Waals surface area contributed by atoms with Gasteiger partial charge in [0, 0.05) is 17.2 Å². The molecule has 0 fully saturated rings. The summed E-state index contributed by atoms with van der Waals surface area (Å²) in [5.41, 5.74) is 0.107. The van der Waals surface area contributed by atoms with Crippen LogP contribution >= 0.6 is 0 Å². The highest BCUT2D eigenvalue weighted by atomic mass is 16.6. The van der Waals surface area contributed by atoms with Crippen LogP contribution in [0.3, 0.4) is 0 Å². The van der Waals surface area contributed by atoms with E-state index in [1.54, 1.807) is 24.3 Å². The Balaban J connectivity index is 1.80. The van der Waals surface area contributed by atoms with Gasteiger partial charge in [-0.3, -0.25) is 14.9 Å². The number of ether oxygens (including phenoxy) is 1. The number of hydrogen-bond donors (Lipinski definition) is 1. The number of nitro benzene ring substituents is 1. The van der Waals surface area contributed by atoms with E-state index in [1.807, 2.05) is 0 Å². The Labute approximate surface area is 157 Å². The first-order valence-electron chi connectivity index (χ1n) is 8.53. The van der Waals surface area contributed by atoms with Crippen LogP contribution < -0.4 is 5.56 Å². The molecule has 0 spiro atoms. The van der Waals surface area contributed by atoms with Gasteiger partial charge in [-0.2, -0.15) is 0 Å². The first kappa shape index (κ1) is 16.6. The number of rotatable bonds is 1. The number of aliphatic hydroxyl groups is 1. The highest BCUT2D eigenvalue weighted by Gasteiger charge is 2.42. The number of carbonyl (C=O) groups is 1. The average Bonchev–Trinajstić information content (AvgIpc) is 3.01. The normalized spacial score (nSPS) is 19.7. The fraction of sp³-hybridized carbons (Fsp3) is 0.211. The summed E-state index contributed by atoms with van der Waals surface area (Å²) in [4.78, 5) is 40.3. The predicted molar refractivity (Wildman–Crippen MR) is 96.6 cm³/mol. The SMILES string of the molecule is C[C@@]1(O)C(=O)OCc2c1cc1n(c2=O)Cc2cc3c([N+](=O)[O-])cccc3nc2-1. The zero-order valence-corrected chi connectivity index (χ0v) is 14.6. The monoisotopic (exact) mass is 379 g/mol. The summed E-state index contributed by atoms with van der Waals surface area (Å²) >= 11 is 0. The van der Waals surface area contributed by atoms with Gasteiger partial charge in [0.15, 0.2) is 5.60 Å². The van der Waals surface area contributed by atoms with Crippen molar-refractivity contribution >= 4 is 22.6 Å². The predicted octanol–water partition coefficient (Wildman–Crippen LogP) is 1.60. The van der Waals surface area contributed by atoms with E-state index in [9.17, 15) is 24.8 Å². The van der Waals surface area contributed by atoms with Crippen LogP contribution in [0.15, 0.2) is 35.1 Å². The van der Waals surface area contributed by atoms with Gasteiger partial charge in [0.05, 0.1) is 39.3 Å². The molecular weight excluding hydrogens is 366 g/mol. The van der Waals surface area contributed by atoms with Crippen LogP contribution in [0.4, 0.5) is 5.69 Å². The molecule has 1 aromatic carbocycles. The first-order chi connectivity index (χ1) is 13.3. The van der Waals surface area contributed by atoms with Crippen LogP contribution in [0, 0.1) is 10.1 Å². The number of fused-ring (bicyclic) bond motifs is 5. The molecule has 9 nitrogen and oxygen atoms in total. The molecule has 1 atom stereocenters. The molecule has 1 N–H and O–H groups in total. The summed E-state index contributed by atoms with van der Waals surface area (Å²) in [6.45, 7) is 1.28. The lowest BCUT2D eigenvalue weighted by Crippen LogP contribution is -2.42. The summed E-state index contributed by atoms with van der Waals surface area (Å²) in [6.07, 6.45) is 0. The number of esters is 1. The second-order valence-electron chi connectivity index (χ2n) is 7.06. The van der Waals surface area contributed by atoms with E-state index in [1.165, 1.54) is 17.6 Å². The number of non-ortho nitro benzene ring substituents is 1. The van der Waals surface area contributed by atoms with Gasteiger partial charge < -0.3 is 14.4 Å². The maximum Gasteiger partial charge on any atom is 0.342 e. The highest BCUT2D eigenvalue weighted by molar-refractivity contribution is 5.91. The molecule has 0 aliphatic carbocycles. The highest BCUT2D eigenvalue weighted by Crippen LogP contribution is 2.38. The molecular formula is C19H13N3O6. The van der Waals surface area contributed by atoms with E-state index in [-0.39, 0.29) is 35.5 Å². The molecule has 5 rings (SSSR count). The molecule has 0 bridgehead atoms. The van der Waals surface area contributed by atoms with E-state index >= 15 is 0 Å². The molecule has 2 aliphatic heterocycles. The number of hydrogen-bond acceptors (Lipinski definition) is 7. The van der Waals surface area contributed by atoms with E-state index in [0.717, 1.165) is 0 Å². The summed E-state index contributed by atoms with van der Waals surface area (Å²) in [6, 6.07) is 7.87. The number of benzene rings is 1. The zero-order chi connectivity index (χ0) is 19.8. The van der Waals surface area contributed by atoms with E-state index in [4.69, 9.17) is 4.74 Å². The Kier molecular flexibility index (Phi) is 3.10. The maximum absolute atomic E-state index is 13.0. The van der Waals surface area contributed by atoms with E-state index in [0.29, 0.717) is 27.9 Å². The summed E-state index contributed by atoms with van der Waals surface area (Å²) in [5, 5.41) is 22.3. The van der Waals surface area contributed by atoms with Crippen molar-refractivity contribution in [2.24, 2.45) is 0 Å². The van der Waals surface area contributed by atoms with Crippen LogP contribution in [0.5, 0.6) is 0 Å². The van der Waals surface area contributed by atoms with Crippen LogP contribution in [0.25, 0.3) is 22.3 Å². The fourth-order valence-electron chi connectivity index (χ4n) is 3.90. The van der Waals surface area contributed by atoms with Gasteiger partial charge >= 0.3 is 5.97 Å². The Morgan fingerprint density at radius 1 is 1.32 bits per heavy atom. The molecule has 9 heteroatoms. The Morgan fingerprint density at radius 2 is 2.11 bits per heavy atom. The van der Waals surface area contributed by atoms with E-state index in [2.05, 4.69) is 4.98 Å². The summed E-state index contributed by atoms with van der Waals surface area (Å²) in [5.74, 6) is -0.815. The van der Waals surface area contributed by atoms with Gasteiger partial charge in [-0.15, -0.1) is 0 Å². The maximum atomic E-state index is 13.0. The number of cyclic esters (lactones) is 1. The minimum Gasteiger partial charge on any atom is -0.458 e. The third kappa shape index (κ3) is 2.01. The Bertz CT molecular complexity index is 1290. The topological polar surface area (TPSA) is 125 Å². The number of pyridine rings is 2. The molecule has 140 valence electrons. The van der Waals surface area contributed by atoms with Crippen LogP contribution in [0.2, 0.25) is 0 Å². The summed E-state index contributed by atoms with van der Waals surface area (Å²) < 4.78 is 6.43. The standard InChI is InChI=1S/C19H13N3O6/c1-19(25)12-6-15-16-9(7-21(15)17(23)11(12)8-28-18(19)24)5-10-13(20-16)3-2-4-14(10)22(26)27/h2-6,25H,7-8H2,1H3/t19-/m0/s1. The molecule has 0 unspecified atom stereocenters. The molecule has 2 aromatic heterocycles. The van der Waals surface area contributed by atoms with Gasteiger partial charge in [0.1, 0.15) is 6.61 Å². The second kappa shape index (κ2) is 5.23. The molecule has 3 aromatic rings. The van der Waals surface area contributed by atoms with Crippen molar-refractivity contribution in [3.05, 3.63) is 67.5 Å². The van der Waals surface area contributed by atoms with E-state index < -0.39 is 16.5 Å². The van der Waals surface area contributed by atoms with Gasteiger partial charge in [-0.05, 0) is 25.1 Å². The van der Waals surface area contributed by atoms with Crippen LogP contribution in [0.1, 0.15) is 23.6 Å². The lowest BCUT2D eigenvalue weighted by Gasteiger charge is -2.29. The molecule has 2 aliphatic rings. The quantitative estimate of drug-likeness (QED) is 0.302. The van der Waals surface area contributed by atoms with Gasteiger partial charge in [0.2, 0.25) is 0 Å². The van der Waals surface area contributed by atoms with Crippen molar-refractivity contribution in [2.45, 2.75) is 25.7 Å². The molecule has 0 saturated carbocycles. The largest absolute Gasteiger partial charge is 0.458 e. The van der Waals surface area contributed by atoms with Crippen molar-refractivity contribution in [2.75, 3.05) is 0 Å². The summed E-state index contributed by atoms with van der Waals surface area (Å²) in [7, 11) is 0. The smallest absolute Gasteiger partial charge is 0.342 e. The Morgan fingerprint density at radius 3 is 2.86 bits per heavy atom. The minimum atomic E-state index is -1.93.